The molecule has 3 N–H and O–H groups in total. The summed E-state index contributed by atoms with van der Waals surface area (Å²) in [4.78, 5) is 6.95. The average Bonchev–Trinajstić information content (AvgIpc) is 2.76. The predicted octanol–water partition coefficient (Wildman–Crippen LogP) is 2.43. The zero-order valence-corrected chi connectivity index (χ0v) is 9.16. The molecule has 0 atom stereocenters. The van der Waals surface area contributed by atoms with Crippen molar-refractivity contribution in [1.82, 2.24) is 9.97 Å². The monoisotopic (exact) mass is 257 g/mol. The van der Waals surface area contributed by atoms with Crippen molar-refractivity contribution < 1.29 is 17.9 Å². The summed E-state index contributed by atoms with van der Waals surface area (Å²) < 4.78 is 39.7. The van der Waals surface area contributed by atoms with Crippen molar-refractivity contribution in [2.24, 2.45) is 5.73 Å². The summed E-state index contributed by atoms with van der Waals surface area (Å²) >= 11 is 0. The average molecular weight is 257 g/mol. The Labute approximate surface area is 101 Å². The van der Waals surface area contributed by atoms with Crippen LogP contribution in [0.3, 0.4) is 0 Å². The third-order valence-electron chi connectivity index (χ3n) is 2.22. The van der Waals surface area contributed by atoms with Gasteiger partial charge >= 0.3 is 6.36 Å². The third-order valence-corrected chi connectivity index (χ3v) is 2.22. The van der Waals surface area contributed by atoms with E-state index in [9.17, 15) is 13.2 Å². The molecule has 0 radical (unpaired) electrons. The number of nitrogens with zero attached hydrogens (tertiary/aromatic N) is 1. The van der Waals surface area contributed by atoms with Crippen LogP contribution >= 0.6 is 0 Å². The minimum absolute atomic E-state index is 0.259. The Morgan fingerprint density at radius 2 is 1.89 bits per heavy atom. The summed E-state index contributed by atoms with van der Waals surface area (Å²) in [5.41, 5.74) is 6.79. The number of rotatable bonds is 3. The number of H-pyrrole nitrogens is 1. The second-order valence-electron chi connectivity index (χ2n) is 3.52. The Morgan fingerprint density at radius 3 is 2.39 bits per heavy atom. The SMILES string of the molecule is NCc1ncc(-c2ccc(OC(F)(F)F)cc2)[nH]1. The van der Waals surface area contributed by atoms with E-state index in [-0.39, 0.29) is 12.3 Å². The maximum absolute atomic E-state index is 12.0. The lowest BCUT2D eigenvalue weighted by atomic mass is 10.2. The van der Waals surface area contributed by atoms with Gasteiger partial charge in [-0.05, 0) is 29.8 Å². The van der Waals surface area contributed by atoms with Gasteiger partial charge in [-0.1, -0.05) is 0 Å². The third kappa shape index (κ3) is 3.01. The first-order chi connectivity index (χ1) is 8.48. The van der Waals surface area contributed by atoms with Crippen LogP contribution in [0.15, 0.2) is 30.5 Å². The number of aromatic amines is 1. The van der Waals surface area contributed by atoms with E-state index >= 15 is 0 Å². The molecular weight excluding hydrogens is 247 g/mol. The van der Waals surface area contributed by atoms with E-state index < -0.39 is 6.36 Å². The van der Waals surface area contributed by atoms with Gasteiger partial charge in [0.1, 0.15) is 11.6 Å². The zero-order chi connectivity index (χ0) is 13.2. The predicted molar refractivity (Wildman–Crippen MR) is 58.6 cm³/mol. The number of nitrogens with one attached hydrogen (secondary N) is 1. The second-order valence-corrected chi connectivity index (χ2v) is 3.52. The largest absolute Gasteiger partial charge is 0.573 e. The highest BCUT2D eigenvalue weighted by atomic mass is 19.4. The van der Waals surface area contributed by atoms with E-state index in [0.717, 1.165) is 0 Å². The molecule has 7 heteroatoms. The highest BCUT2D eigenvalue weighted by Gasteiger charge is 2.30. The first-order valence-electron chi connectivity index (χ1n) is 5.08. The van der Waals surface area contributed by atoms with E-state index in [1.807, 2.05) is 0 Å². The molecule has 0 spiro atoms. The van der Waals surface area contributed by atoms with Crippen molar-refractivity contribution >= 4 is 0 Å². The van der Waals surface area contributed by atoms with Gasteiger partial charge in [-0.2, -0.15) is 0 Å². The number of alkyl halides is 3. The van der Waals surface area contributed by atoms with Crippen LogP contribution < -0.4 is 10.5 Å². The molecule has 0 aliphatic heterocycles. The van der Waals surface area contributed by atoms with Gasteiger partial charge in [-0.15, -0.1) is 13.2 Å². The minimum Gasteiger partial charge on any atom is -0.406 e. The van der Waals surface area contributed by atoms with Crippen molar-refractivity contribution in [2.45, 2.75) is 12.9 Å². The fourth-order valence-corrected chi connectivity index (χ4v) is 1.45. The van der Waals surface area contributed by atoms with Gasteiger partial charge in [-0.3, -0.25) is 0 Å². The number of aromatic nitrogens is 2. The highest BCUT2D eigenvalue weighted by Crippen LogP contribution is 2.25. The molecule has 18 heavy (non-hydrogen) atoms. The first kappa shape index (κ1) is 12.4. The van der Waals surface area contributed by atoms with Crippen molar-refractivity contribution in [3.05, 3.63) is 36.3 Å². The zero-order valence-electron chi connectivity index (χ0n) is 9.16. The summed E-state index contributed by atoms with van der Waals surface area (Å²) in [6.07, 6.45) is -3.11. The number of benzene rings is 1. The number of ether oxygens (including phenoxy) is 1. The Morgan fingerprint density at radius 1 is 1.22 bits per heavy atom. The molecule has 0 aliphatic rings. The molecule has 0 fully saturated rings. The Bertz CT molecular complexity index is 519. The number of imidazole rings is 1. The molecule has 0 amide bonds. The molecule has 1 heterocycles. The van der Waals surface area contributed by atoms with Crippen LogP contribution in [0, 0.1) is 0 Å². The molecule has 4 nitrogen and oxygen atoms in total. The topological polar surface area (TPSA) is 63.9 Å². The Balaban J connectivity index is 2.17. The second kappa shape index (κ2) is 4.69. The lowest BCUT2D eigenvalue weighted by Gasteiger charge is -2.08. The van der Waals surface area contributed by atoms with Crippen molar-refractivity contribution in [1.29, 1.82) is 0 Å². The molecular formula is C11H10F3N3O. The van der Waals surface area contributed by atoms with Gasteiger partial charge in [0.05, 0.1) is 18.4 Å². The Hall–Kier alpha value is -2.02. The lowest BCUT2D eigenvalue weighted by molar-refractivity contribution is -0.274. The smallest absolute Gasteiger partial charge is 0.406 e. The van der Waals surface area contributed by atoms with Crippen LogP contribution in [0.4, 0.5) is 13.2 Å². The quantitative estimate of drug-likeness (QED) is 0.887. The molecule has 1 aromatic carbocycles. The number of hydrogen-bond acceptors (Lipinski definition) is 3. The fourth-order valence-electron chi connectivity index (χ4n) is 1.45. The van der Waals surface area contributed by atoms with Gasteiger partial charge < -0.3 is 15.5 Å². The summed E-state index contributed by atoms with van der Waals surface area (Å²) in [5, 5.41) is 0. The number of nitrogens with two attached hydrogens (primary N) is 1. The highest BCUT2D eigenvalue weighted by molar-refractivity contribution is 5.59. The molecule has 0 unspecified atom stereocenters. The van der Waals surface area contributed by atoms with E-state index in [1.165, 1.54) is 24.3 Å². The Kier molecular flexibility index (Phi) is 3.24. The van der Waals surface area contributed by atoms with Gasteiger partial charge in [0.25, 0.3) is 0 Å². The van der Waals surface area contributed by atoms with Crippen molar-refractivity contribution in [2.75, 3.05) is 0 Å². The summed E-state index contributed by atoms with van der Waals surface area (Å²) in [6, 6.07) is 5.50. The van der Waals surface area contributed by atoms with Crippen LogP contribution in [0.1, 0.15) is 5.82 Å². The fraction of sp³-hybridized carbons (Fsp3) is 0.182. The molecule has 0 aliphatic carbocycles. The molecule has 96 valence electrons. The van der Waals surface area contributed by atoms with Gasteiger partial charge in [0.2, 0.25) is 0 Å². The van der Waals surface area contributed by atoms with Crippen LogP contribution in [0.5, 0.6) is 5.75 Å². The van der Waals surface area contributed by atoms with Crippen LogP contribution in [-0.2, 0) is 6.54 Å². The maximum Gasteiger partial charge on any atom is 0.573 e. The molecule has 1 aromatic heterocycles. The summed E-state index contributed by atoms with van der Waals surface area (Å²) in [7, 11) is 0. The standard InChI is InChI=1S/C11H10F3N3O/c12-11(13,14)18-8-3-1-7(2-4-8)9-6-16-10(5-15)17-9/h1-4,6H,5,15H2,(H,16,17). The van der Waals surface area contributed by atoms with Gasteiger partial charge in [0.15, 0.2) is 0 Å². The van der Waals surface area contributed by atoms with Crippen LogP contribution in [-0.4, -0.2) is 16.3 Å². The van der Waals surface area contributed by atoms with Crippen molar-refractivity contribution in [3.63, 3.8) is 0 Å². The van der Waals surface area contributed by atoms with Crippen LogP contribution in [0.25, 0.3) is 11.3 Å². The summed E-state index contributed by atoms with van der Waals surface area (Å²) in [6.45, 7) is 0.273. The molecule has 0 saturated carbocycles. The molecule has 2 aromatic rings. The van der Waals surface area contributed by atoms with E-state index in [2.05, 4.69) is 14.7 Å². The summed E-state index contributed by atoms with van der Waals surface area (Å²) in [5.74, 6) is 0.352. The molecule has 0 bridgehead atoms. The normalized spacial score (nSPS) is 11.6. The number of hydrogen-bond donors (Lipinski definition) is 2. The van der Waals surface area contributed by atoms with E-state index in [4.69, 9.17) is 5.73 Å². The van der Waals surface area contributed by atoms with Gasteiger partial charge in [0, 0.05) is 0 Å². The van der Waals surface area contributed by atoms with E-state index in [1.54, 1.807) is 6.20 Å². The lowest BCUT2D eigenvalue weighted by Crippen LogP contribution is -2.16. The molecule has 2 rings (SSSR count). The number of halogens is 3. The van der Waals surface area contributed by atoms with E-state index in [0.29, 0.717) is 17.1 Å². The van der Waals surface area contributed by atoms with Crippen LogP contribution in [0.2, 0.25) is 0 Å². The minimum atomic E-state index is -4.68. The van der Waals surface area contributed by atoms with Gasteiger partial charge in [-0.25, -0.2) is 4.98 Å². The molecule has 0 saturated heterocycles. The first-order valence-corrected chi connectivity index (χ1v) is 5.08. The van der Waals surface area contributed by atoms with Crippen molar-refractivity contribution in [3.8, 4) is 17.0 Å². The maximum atomic E-state index is 12.0.